The van der Waals surface area contributed by atoms with E-state index in [0.717, 1.165) is 29.5 Å². The van der Waals surface area contributed by atoms with Gasteiger partial charge in [0.15, 0.2) is 23.0 Å². The molecule has 0 amide bonds. The van der Waals surface area contributed by atoms with Crippen molar-refractivity contribution in [1.82, 2.24) is 4.98 Å². The summed E-state index contributed by atoms with van der Waals surface area (Å²) in [7, 11) is 0. The van der Waals surface area contributed by atoms with Crippen LogP contribution in [-0.4, -0.2) is 16.2 Å². The third-order valence-electron chi connectivity index (χ3n) is 2.02. The minimum absolute atomic E-state index is 0.0279. The largest absolute Gasteiger partial charge is 0.428 e. The van der Waals surface area contributed by atoms with Crippen LogP contribution in [-0.2, 0) is 0 Å². The second-order valence-corrected chi connectivity index (χ2v) is 4.58. The molecule has 1 heterocycles. The highest BCUT2D eigenvalue weighted by molar-refractivity contribution is 7.15. The number of carbonyl (C=O) groups excluding carboxylic acids is 1. The first-order valence-electron chi connectivity index (χ1n) is 4.74. The van der Waals surface area contributed by atoms with Crippen molar-refractivity contribution in [1.29, 1.82) is 0 Å². The van der Waals surface area contributed by atoms with Crippen LogP contribution in [0.2, 0.25) is 5.15 Å². The minimum Gasteiger partial charge on any atom is -0.428 e. The summed E-state index contributed by atoms with van der Waals surface area (Å²) in [5, 5.41) is 10.4. The third kappa shape index (κ3) is 2.85. The highest BCUT2D eigenvalue weighted by Crippen LogP contribution is 2.33. The Balaban J connectivity index is 2.27. The first-order valence-corrected chi connectivity index (χ1v) is 5.94. The van der Waals surface area contributed by atoms with Gasteiger partial charge in [0.05, 0.1) is 11.0 Å². The number of benzene rings is 1. The number of aromatic nitrogens is 1. The number of ether oxygens (including phenoxy) is 1. The number of nitro groups is 1. The molecule has 1 aromatic heterocycles. The van der Waals surface area contributed by atoms with Gasteiger partial charge in [-0.15, -0.1) is 0 Å². The quantitative estimate of drug-likeness (QED) is 0.491. The fraction of sp³-hybridized carbons (Fsp3) is 0. The summed E-state index contributed by atoms with van der Waals surface area (Å²) in [6.07, 6.45) is 0.499. The van der Waals surface area contributed by atoms with E-state index in [1.54, 1.807) is 0 Å². The Morgan fingerprint density at radius 3 is 2.79 bits per heavy atom. The fourth-order valence-electron chi connectivity index (χ4n) is 1.19. The molecule has 0 fully saturated rings. The maximum atomic E-state index is 13.5. The molecule has 6 nitrogen and oxygen atoms in total. The van der Waals surface area contributed by atoms with Gasteiger partial charge in [0.1, 0.15) is 4.88 Å². The summed E-state index contributed by atoms with van der Waals surface area (Å²) in [6, 6.07) is 2.92. The number of carbonyl (C=O) groups is 1. The van der Waals surface area contributed by atoms with E-state index in [9.17, 15) is 19.3 Å². The molecule has 2 rings (SSSR count). The molecule has 98 valence electrons. The van der Waals surface area contributed by atoms with Crippen molar-refractivity contribution in [2.75, 3.05) is 0 Å². The SMILES string of the molecule is O=Cc1sc(Oc2ccc([N+](=O)[O-])cc2F)nc1Cl. The molecule has 0 saturated heterocycles. The molecule has 0 unspecified atom stereocenters. The van der Waals surface area contributed by atoms with Crippen LogP contribution in [0, 0.1) is 15.9 Å². The monoisotopic (exact) mass is 302 g/mol. The predicted octanol–water partition coefficient (Wildman–Crippen LogP) is 3.45. The number of rotatable bonds is 4. The topological polar surface area (TPSA) is 82.3 Å². The Bertz CT molecular complexity index is 661. The van der Waals surface area contributed by atoms with Crippen LogP contribution >= 0.6 is 22.9 Å². The van der Waals surface area contributed by atoms with Crippen molar-refractivity contribution < 1.29 is 18.8 Å². The number of hydrogen-bond donors (Lipinski definition) is 0. The first-order chi connectivity index (χ1) is 9.01. The Hall–Kier alpha value is -2.06. The average molecular weight is 303 g/mol. The highest BCUT2D eigenvalue weighted by Gasteiger charge is 2.15. The standard InChI is InChI=1S/C10H4ClFN2O4S/c11-9-8(4-15)19-10(13-9)18-7-2-1-5(14(16)17)3-6(7)12/h1-4H. The van der Waals surface area contributed by atoms with Crippen molar-refractivity contribution in [3.05, 3.63) is 44.2 Å². The summed E-state index contributed by atoms with van der Waals surface area (Å²) < 4.78 is 18.6. The lowest BCUT2D eigenvalue weighted by atomic mass is 10.3. The molecular weight excluding hydrogens is 299 g/mol. The van der Waals surface area contributed by atoms with Gasteiger partial charge in [0, 0.05) is 6.07 Å². The molecule has 0 bridgehead atoms. The molecule has 0 aliphatic heterocycles. The van der Waals surface area contributed by atoms with E-state index in [1.807, 2.05) is 0 Å². The smallest absolute Gasteiger partial charge is 0.280 e. The molecule has 19 heavy (non-hydrogen) atoms. The van der Waals surface area contributed by atoms with Crippen molar-refractivity contribution in [3.63, 3.8) is 0 Å². The average Bonchev–Trinajstić information content (AvgIpc) is 2.72. The number of aldehydes is 1. The zero-order valence-electron chi connectivity index (χ0n) is 9.00. The van der Waals surface area contributed by atoms with E-state index in [0.29, 0.717) is 6.29 Å². The molecule has 0 aliphatic carbocycles. The number of halogens is 2. The Labute approximate surface area is 114 Å². The van der Waals surface area contributed by atoms with Crippen LogP contribution in [0.3, 0.4) is 0 Å². The molecular formula is C10H4ClFN2O4S. The van der Waals surface area contributed by atoms with Gasteiger partial charge >= 0.3 is 0 Å². The lowest BCUT2D eigenvalue weighted by Crippen LogP contribution is -1.92. The van der Waals surface area contributed by atoms with E-state index in [2.05, 4.69) is 4.98 Å². The maximum absolute atomic E-state index is 13.5. The number of non-ortho nitro benzene ring substituents is 1. The number of nitro benzene ring substituents is 1. The summed E-state index contributed by atoms with van der Waals surface area (Å²) in [6.45, 7) is 0. The second-order valence-electron chi connectivity index (χ2n) is 3.23. The Kier molecular flexibility index (Phi) is 3.72. The lowest BCUT2D eigenvalue weighted by Gasteiger charge is -2.02. The summed E-state index contributed by atoms with van der Waals surface area (Å²) >= 11 is 6.46. The van der Waals surface area contributed by atoms with Gasteiger partial charge < -0.3 is 4.74 Å². The van der Waals surface area contributed by atoms with Gasteiger partial charge in [-0.2, -0.15) is 4.98 Å². The van der Waals surface area contributed by atoms with E-state index in [1.165, 1.54) is 0 Å². The highest BCUT2D eigenvalue weighted by atomic mass is 35.5. The van der Waals surface area contributed by atoms with Crippen LogP contribution in [0.25, 0.3) is 0 Å². The minimum atomic E-state index is -0.909. The molecule has 0 N–H and O–H groups in total. The van der Waals surface area contributed by atoms with Gasteiger partial charge in [0.2, 0.25) is 0 Å². The zero-order chi connectivity index (χ0) is 14.0. The van der Waals surface area contributed by atoms with E-state index in [4.69, 9.17) is 16.3 Å². The zero-order valence-corrected chi connectivity index (χ0v) is 10.6. The summed E-state index contributed by atoms with van der Waals surface area (Å²) in [5.74, 6) is -1.15. The van der Waals surface area contributed by atoms with Crippen LogP contribution in [0.4, 0.5) is 10.1 Å². The summed E-state index contributed by atoms with van der Waals surface area (Å²) in [4.78, 5) is 24.1. The van der Waals surface area contributed by atoms with E-state index in [-0.39, 0.29) is 21.0 Å². The predicted molar refractivity (Wildman–Crippen MR) is 65.6 cm³/mol. The molecule has 9 heteroatoms. The maximum Gasteiger partial charge on any atom is 0.280 e. The molecule has 0 radical (unpaired) electrons. The van der Waals surface area contributed by atoms with Gasteiger partial charge in [0.25, 0.3) is 10.9 Å². The molecule has 0 atom stereocenters. The fourth-order valence-corrected chi connectivity index (χ4v) is 2.11. The van der Waals surface area contributed by atoms with Gasteiger partial charge in [-0.05, 0) is 6.07 Å². The molecule has 0 saturated carbocycles. The number of nitrogens with zero attached hydrogens (tertiary/aromatic N) is 2. The molecule has 0 spiro atoms. The van der Waals surface area contributed by atoms with Crippen molar-refractivity contribution in [2.24, 2.45) is 0 Å². The Morgan fingerprint density at radius 2 is 2.26 bits per heavy atom. The molecule has 1 aromatic carbocycles. The third-order valence-corrected chi connectivity index (χ3v) is 3.28. The van der Waals surface area contributed by atoms with Crippen LogP contribution in [0.15, 0.2) is 18.2 Å². The van der Waals surface area contributed by atoms with E-state index >= 15 is 0 Å². The van der Waals surface area contributed by atoms with Gasteiger partial charge in [-0.1, -0.05) is 22.9 Å². The summed E-state index contributed by atoms with van der Waals surface area (Å²) in [5.41, 5.74) is -0.393. The van der Waals surface area contributed by atoms with Gasteiger partial charge in [-0.3, -0.25) is 14.9 Å². The molecule has 0 aliphatic rings. The second kappa shape index (κ2) is 5.29. The van der Waals surface area contributed by atoms with Crippen molar-refractivity contribution in [2.45, 2.75) is 0 Å². The lowest BCUT2D eigenvalue weighted by molar-refractivity contribution is -0.385. The Morgan fingerprint density at radius 1 is 1.53 bits per heavy atom. The first kappa shape index (κ1) is 13.4. The van der Waals surface area contributed by atoms with Crippen LogP contribution in [0.5, 0.6) is 10.9 Å². The van der Waals surface area contributed by atoms with Crippen molar-refractivity contribution in [3.8, 4) is 10.9 Å². The number of thiazole rings is 1. The van der Waals surface area contributed by atoms with Crippen LogP contribution < -0.4 is 4.74 Å². The van der Waals surface area contributed by atoms with Gasteiger partial charge in [-0.25, -0.2) is 4.39 Å². The van der Waals surface area contributed by atoms with Crippen LogP contribution in [0.1, 0.15) is 9.67 Å². The van der Waals surface area contributed by atoms with Crippen molar-refractivity contribution >= 4 is 34.9 Å². The normalized spacial score (nSPS) is 10.2. The van der Waals surface area contributed by atoms with E-state index < -0.39 is 16.4 Å². The molecule has 2 aromatic rings. The number of hydrogen-bond acceptors (Lipinski definition) is 6.